The molecule has 0 radical (unpaired) electrons. The highest BCUT2D eigenvalue weighted by Crippen LogP contribution is 2.21. The minimum Gasteiger partial charge on any atom is -0.398 e. The predicted molar refractivity (Wildman–Crippen MR) is 64.7 cm³/mol. The predicted octanol–water partition coefficient (Wildman–Crippen LogP) is 2.03. The third kappa shape index (κ3) is 2.18. The second-order valence-corrected chi connectivity index (χ2v) is 4.50. The molecule has 1 aliphatic rings. The summed E-state index contributed by atoms with van der Waals surface area (Å²) in [5.41, 5.74) is 7.70. The van der Waals surface area contributed by atoms with Gasteiger partial charge in [-0.15, -0.1) is 0 Å². The molecule has 0 aliphatic carbocycles. The van der Waals surface area contributed by atoms with E-state index < -0.39 is 0 Å². The number of hydrogen-bond donors (Lipinski definition) is 1. The molecule has 0 saturated carbocycles. The van der Waals surface area contributed by atoms with E-state index in [0.717, 1.165) is 30.6 Å². The number of carbonyl (C=O) groups excluding carboxylic acids is 1. The van der Waals surface area contributed by atoms with Crippen molar-refractivity contribution in [2.45, 2.75) is 26.3 Å². The molecule has 2 rings (SSSR count). The van der Waals surface area contributed by atoms with Gasteiger partial charge in [-0.2, -0.15) is 0 Å². The van der Waals surface area contributed by atoms with Gasteiger partial charge >= 0.3 is 0 Å². The topological polar surface area (TPSA) is 46.3 Å². The van der Waals surface area contributed by atoms with Crippen LogP contribution in [0.1, 0.15) is 25.3 Å². The number of benzene rings is 1. The average Bonchev–Trinajstić information content (AvgIpc) is 2.28. The quantitative estimate of drug-likeness (QED) is 0.772. The zero-order valence-electron chi connectivity index (χ0n) is 9.65. The molecule has 1 aromatic carbocycles. The van der Waals surface area contributed by atoms with E-state index in [4.69, 9.17) is 5.73 Å². The van der Waals surface area contributed by atoms with Crippen molar-refractivity contribution in [2.24, 2.45) is 5.92 Å². The average molecular weight is 218 g/mol. The molecule has 1 aliphatic heterocycles. The number of likely N-dealkylation sites (tertiary alicyclic amines) is 1. The summed E-state index contributed by atoms with van der Waals surface area (Å²) in [5, 5.41) is 0. The van der Waals surface area contributed by atoms with Crippen molar-refractivity contribution in [3.63, 3.8) is 0 Å². The molecule has 1 heterocycles. The number of para-hydroxylation sites is 1. The molecule has 3 heteroatoms. The van der Waals surface area contributed by atoms with Crippen molar-refractivity contribution in [2.75, 3.05) is 12.3 Å². The Bertz CT molecular complexity index is 389. The van der Waals surface area contributed by atoms with E-state index in [1.807, 2.05) is 36.1 Å². The largest absolute Gasteiger partial charge is 0.398 e. The maximum absolute atomic E-state index is 11.9. The Morgan fingerprint density at radius 2 is 2.19 bits per heavy atom. The summed E-state index contributed by atoms with van der Waals surface area (Å²) < 4.78 is 0. The van der Waals surface area contributed by atoms with Crippen LogP contribution in [0.2, 0.25) is 0 Å². The van der Waals surface area contributed by atoms with Crippen molar-refractivity contribution < 1.29 is 4.79 Å². The number of rotatable bonds is 2. The normalized spacial score (nSPS) is 21.2. The standard InChI is InChI=1S/C13H18N2O/c1-10-5-4-8-15(13(10)16)9-11-6-2-3-7-12(11)14/h2-3,6-7,10H,4-5,8-9,14H2,1H3. The van der Waals surface area contributed by atoms with Crippen LogP contribution in [0, 0.1) is 5.92 Å². The van der Waals surface area contributed by atoms with Crippen LogP contribution in [0.3, 0.4) is 0 Å². The monoisotopic (exact) mass is 218 g/mol. The Kier molecular flexibility index (Phi) is 3.13. The van der Waals surface area contributed by atoms with Gasteiger partial charge in [0.1, 0.15) is 0 Å². The second-order valence-electron chi connectivity index (χ2n) is 4.50. The number of nitrogens with two attached hydrogens (primary N) is 1. The Labute approximate surface area is 96.2 Å². The fourth-order valence-electron chi connectivity index (χ4n) is 2.17. The molecule has 3 nitrogen and oxygen atoms in total. The number of nitrogen functional groups attached to an aromatic ring is 1. The molecule has 1 fully saturated rings. The Balaban J connectivity index is 2.10. The molecule has 16 heavy (non-hydrogen) atoms. The summed E-state index contributed by atoms with van der Waals surface area (Å²) in [6.45, 7) is 3.51. The summed E-state index contributed by atoms with van der Waals surface area (Å²) in [4.78, 5) is 13.8. The lowest BCUT2D eigenvalue weighted by atomic mass is 9.98. The Hall–Kier alpha value is -1.51. The number of amides is 1. The molecule has 0 spiro atoms. The number of anilines is 1. The van der Waals surface area contributed by atoms with Gasteiger partial charge < -0.3 is 10.6 Å². The Morgan fingerprint density at radius 1 is 1.44 bits per heavy atom. The Morgan fingerprint density at radius 3 is 2.94 bits per heavy atom. The first-order valence-corrected chi connectivity index (χ1v) is 5.80. The SMILES string of the molecule is CC1CCCN(Cc2ccccc2N)C1=O. The van der Waals surface area contributed by atoms with Crippen molar-refractivity contribution in [1.82, 2.24) is 4.90 Å². The van der Waals surface area contributed by atoms with Gasteiger partial charge in [-0.3, -0.25) is 4.79 Å². The van der Waals surface area contributed by atoms with Gasteiger partial charge in [-0.05, 0) is 24.5 Å². The molecular formula is C13H18N2O. The number of hydrogen-bond acceptors (Lipinski definition) is 2. The van der Waals surface area contributed by atoms with Crippen LogP contribution in [-0.4, -0.2) is 17.4 Å². The smallest absolute Gasteiger partial charge is 0.225 e. The molecular weight excluding hydrogens is 200 g/mol. The van der Waals surface area contributed by atoms with E-state index in [1.165, 1.54) is 0 Å². The second kappa shape index (κ2) is 4.56. The fourth-order valence-corrected chi connectivity index (χ4v) is 2.17. The highest BCUT2D eigenvalue weighted by Gasteiger charge is 2.25. The van der Waals surface area contributed by atoms with Crippen LogP contribution in [0.25, 0.3) is 0 Å². The van der Waals surface area contributed by atoms with E-state index in [-0.39, 0.29) is 11.8 Å². The van der Waals surface area contributed by atoms with Crippen molar-refractivity contribution >= 4 is 11.6 Å². The van der Waals surface area contributed by atoms with Crippen LogP contribution in [0.5, 0.6) is 0 Å². The summed E-state index contributed by atoms with van der Waals surface area (Å²) in [7, 11) is 0. The van der Waals surface area contributed by atoms with Gasteiger partial charge in [0.2, 0.25) is 5.91 Å². The van der Waals surface area contributed by atoms with Gasteiger partial charge in [0.25, 0.3) is 0 Å². The molecule has 1 aromatic rings. The zero-order chi connectivity index (χ0) is 11.5. The highest BCUT2D eigenvalue weighted by molar-refractivity contribution is 5.79. The molecule has 0 aromatic heterocycles. The maximum Gasteiger partial charge on any atom is 0.225 e. The zero-order valence-corrected chi connectivity index (χ0v) is 9.65. The van der Waals surface area contributed by atoms with Crippen LogP contribution < -0.4 is 5.73 Å². The first-order valence-electron chi connectivity index (χ1n) is 5.80. The summed E-state index contributed by atoms with van der Waals surface area (Å²) in [6, 6.07) is 7.75. The third-order valence-electron chi connectivity index (χ3n) is 3.21. The van der Waals surface area contributed by atoms with Gasteiger partial charge in [0, 0.05) is 24.7 Å². The molecule has 86 valence electrons. The van der Waals surface area contributed by atoms with E-state index in [2.05, 4.69) is 0 Å². The molecule has 2 N–H and O–H groups in total. The van der Waals surface area contributed by atoms with Crippen LogP contribution >= 0.6 is 0 Å². The first kappa shape index (κ1) is 11.0. The molecule has 1 amide bonds. The minimum absolute atomic E-state index is 0.165. The molecule has 1 unspecified atom stereocenters. The van der Waals surface area contributed by atoms with Crippen molar-refractivity contribution in [1.29, 1.82) is 0 Å². The fraction of sp³-hybridized carbons (Fsp3) is 0.462. The molecule has 0 bridgehead atoms. The lowest BCUT2D eigenvalue weighted by Crippen LogP contribution is -2.39. The van der Waals surface area contributed by atoms with Gasteiger partial charge in [-0.25, -0.2) is 0 Å². The number of piperidine rings is 1. The summed E-state index contributed by atoms with van der Waals surface area (Å²) in [5.74, 6) is 0.424. The van der Waals surface area contributed by atoms with Gasteiger partial charge in [-0.1, -0.05) is 25.1 Å². The molecule has 1 atom stereocenters. The number of nitrogens with zero attached hydrogens (tertiary/aromatic N) is 1. The van der Waals surface area contributed by atoms with Crippen LogP contribution in [0.15, 0.2) is 24.3 Å². The van der Waals surface area contributed by atoms with Crippen LogP contribution in [0.4, 0.5) is 5.69 Å². The van der Waals surface area contributed by atoms with E-state index in [9.17, 15) is 4.79 Å². The lowest BCUT2D eigenvalue weighted by Gasteiger charge is -2.31. The van der Waals surface area contributed by atoms with Gasteiger partial charge in [0.05, 0.1) is 0 Å². The first-order chi connectivity index (χ1) is 7.68. The van der Waals surface area contributed by atoms with Crippen molar-refractivity contribution in [3.8, 4) is 0 Å². The summed E-state index contributed by atoms with van der Waals surface area (Å²) in [6.07, 6.45) is 2.11. The van der Waals surface area contributed by atoms with E-state index >= 15 is 0 Å². The maximum atomic E-state index is 11.9. The number of carbonyl (C=O) groups is 1. The van der Waals surface area contributed by atoms with Crippen LogP contribution in [-0.2, 0) is 11.3 Å². The molecule has 1 saturated heterocycles. The minimum atomic E-state index is 0.165. The third-order valence-corrected chi connectivity index (χ3v) is 3.21. The van der Waals surface area contributed by atoms with E-state index in [1.54, 1.807) is 0 Å². The van der Waals surface area contributed by atoms with Gasteiger partial charge in [0.15, 0.2) is 0 Å². The summed E-state index contributed by atoms with van der Waals surface area (Å²) >= 11 is 0. The van der Waals surface area contributed by atoms with E-state index in [0.29, 0.717) is 6.54 Å². The highest BCUT2D eigenvalue weighted by atomic mass is 16.2. The van der Waals surface area contributed by atoms with Crippen molar-refractivity contribution in [3.05, 3.63) is 29.8 Å². The lowest BCUT2D eigenvalue weighted by molar-refractivity contribution is -0.138.